The van der Waals surface area contributed by atoms with E-state index < -0.39 is 23.6 Å². The van der Waals surface area contributed by atoms with E-state index in [1.807, 2.05) is 0 Å². The molecule has 140 valence electrons. The van der Waals surface area contributed by atoms with Crippen molar-refractivity contribution in [3.63, 3.8) is 0 Å². The second kappa shape index (κ2) is 10.0. The van der Waals surface area contributed by atoms with Gasteiger partial charge in [0.05, 0.1) is 18.1 Å². The number of unbranched alkanes of at least 4 members (excludes halogenated alkanes) is 4. The van der Waals surface area contributed by atoms with E-state index in [9.17, 15) is 24.9 Å². The van der Waals surface area contributed by atoms with Crippen LogP contribution in [0.1, 0.15) is 73.4 Å². The maximum Gasteiger partial charge on any atom is 0.313 e. The first kappa shape index (κ1) is 21.0. The molecule has 3 N–H and O–H groups in total. The summed E-state index contributed by atoms with van der Waals surface area (Å²) in [6, 6.07) is 0. The van der Waals surface area contributed by atoms with Crippen LogP contribution < -0.4 is 4.74 Å². The number of aliphatic hydroxyl groups excluding tert-OH is 1. The van der Waals surface area contributed by atoms with Crippen LogP contribution in [0.15, 0.2) is 0 Å². The van der Waals surface area contributed by atoms with Gasteiger partial charge in [-0.3, -0.25) is 9.59 Å². The lowest BCUT2D eigenvalue weighted by molar-refractivity contribution is -0.136. The van der Waals surface area contributed by atoms with Gasteiger partial charge < -0.3 is 20.1 Å². The van der Waals surface area contributed by atoms with Gasteiger partial charge in [0, 0.05) is 11.1 Å². The maximum absolute atomic E-state index is 12.0. The molecular formula is C19H28O6. The number of hydrogen-bond donors (Lipinski definition) is 3. The minimum Gasteiger partial charge on any atom is -0.504 e. The highest BCUT2D eigenvalue weighted by molar-refractivity contribution is 5.87. The molecule has 0 saturated heterocycles. The molecule has 1 aromatic rings. The smallest absolute Gasteiger partial charge is 0.313 e. The molecule has 6 nitrogen and oxygen atoms in total. The van der Waals surface area contributed by atoms with Crippen LogP contribution in [0, 0.1) is 13.8 Å². The first-order valence-corrected chi connectivity index (χ1v) is 8.72. The number of carbonyl (C=O) groups is 2. The predicted molar refractivity (Wildman–Crippen MR) is 94.3 cm³/mol. The topological polar surface area (TPSA) is 104 Å². The van der Waals surface area contributed by atoms with Gasteiger partial charge in [0.2, 0.25) is 0 Å². The van der Waals surface area contributed by atoms with E-state index in [0.717, 1.165) is 25.7 Å². The molecule has 0 heterocycles. The summed E-state index contributed by atoms with van der Waals surface area (Å²) in [5.74, 6) is -1.63. The minimum absolute atomic E-state index is 0.0394. The Morgan fingerprint density at radius 3 is 2.32 bits per heavy atom. The summed E-state index contributed by atoms with van der Waals surface area (Å²) in [4.78, 5) is 23.1. The summed E-state index contributed by atoms with van der Waals surface area (Å²) < 4.78 is 5.24. The molecule has 0 unspecified atom stereocenters. The summed E-state index contributed by atoms with van der Waals surface area (Å²) in [7, 11) is 0. The number of rotatable bonds is 10. The Morgan fingerprint density at radius 1 is 1.08 bits per heavy atom. The molecule has 0 aliphatic heterocycles. The van der Waals surface area contributed by atoms with Crippen molar-refractivity contribution in [3.05, 3.63) is 16.7 Å². The molecule has 1 aromatic carbocycles. The molecule has 0 aromatic heterocycles. The summed E-state index contributed by atoms with van der Waals surface area (Å²) in [6.45, 7) is 5.12. The first-order valence-electron chi connectivity index (χ1n) is 8.72. The van der Waals surface area contributed by atoms with Crippen LogP contribution in [-0.4, -0.2) is 33.7 Å². The number of benzene rings is 1. The fourth-order valence-electron chi connectivity index (χ4n) is 2.72. The second-order valence-corrected chi connectivity index (χ2v) is 6.34. The highest BCUT2D eigenvalue weighted by Crippen LogP contribution is 2.41. The van der Waals surface area contributed by atoms with Crippen molar-refractivity contribution in [1.29, 1.82) is 0 Å². The average Bonchev–Trinajstić information content (AvgIpc) is 2.57. The highest BCUT2D eigenvalue weighted by atomic mass is 16.5. The van der Waals surface area contributed by atoms with E-state index in [-0.39, 0.29) is 28.9 Å². The Kier molecular flexibility index (Phi) is 8.41. The van der Waals surface area contributed by atoms with Gasteiger partial charge in [0.15, 0.2) is 17.8 Å². The number of esters is 1. The molecule has 0 saturated carbocycles. The SMILES string of the molecule is CCCCCCC[C@@H](O)CC(=O)Oc1c(C)c(O)c(O)c(C=O)c1C. The lowest BCUT2D eigenvalue weighted by Gasteiger charge is -2.16. The van der Waals surface area contributed by atoms with Gasteiger partial charge in [-0.1, -0.05) is 39.0 Å². The van der Waals surface area contributed by atoms with Gasteiger partial charge in [-0.05, 0) is 20.3 Å². The number of aliphatic hydroxyl groups is 1. The van der Waals surface area contributed by atoms with E-state index in [1.54, 1.807) is 0 Å². The van der Waals surface area contributed by atoms with Gasteiger partial charge in [-0.15, -0.1) is 0 Å². The van der Waals surface area contributed by atoms with Crippen molar-refractivity contribution in [2.24, 2.45) is 0 Å². The lowest BCUT2D eigenvalue weighted by atomic mass is 10.0. The molecular weight excluding hydrogens is 324 g/mol. The fraction of sp³-hybridized carbons (Fsp3) is 0.579. The first-order chi connectivity index (χ1) is 11.8. The Labute approximate surface area is 148 Å². The largest absolute Gasteiger partial charge is 0.504 e. The summed E-state index contributed by atoms with van der Waals surface area (Å²) in [5.41, 5.74) is 0.315. The third-order valence-electron chi connectivity index (χ3n) is 4.30. The van der Waals surface area contributed by atoms with Crippen molar-refractivity contribution in [2.45, 2.75) is 71.8 Å². The molecule has 6 heteroatoms. The highest BCUT2D eigenvalue weighted by Gasteiger charge is 2.22. The summed E-state index contributed by atoms with van der Waals surface area (Å²) >= 11 is 0. The molecule has 0 bridgehead atoms. The Morgan fingerprint density at radius 2 is 1.72 bits per heavy atom. The number of aromatic hydroxyl groups is 2. The van der Waals surface area contributed by atoms with Crippen molar-refractivity contribution in [1.82, 2.24) is 0 Å². The summed E-state index contributed by atoms with van der Waals surface area (Å²) in [5, 5.41) is 29.6. The van der Waals surface area contributed by atoms with E-state index in [1.165, 1.54) is 20.3 Å². The molecule has 0 radical (unpaired) electrons. The number of ether oxygens (including phenoxy) is 1. The van der Waals surface area contributed by atoms with Gasteiger partial charge in [-0.2, -0.15) is 0 Å². The Bertz CT molecular complexity index is 609. The lowest BCUT2D eigenvalue weighted by Crippen LogP contribution is -2.19. The Hall–Kier alpha value is -2.08. The standard InChI is InChI=1S/C19H28O6/c1-4-5-6-7-8-9-14(21)10-16(22)25-19-12(2)15(11-20)18(24)17(23)13(19)3/h11,14,21,23-24H,4-10H2,1-3H3/t14-/m1/s1. The van der Waals surface area contributed by atoms with E-state index >= 15 is 0 Å². The van der Waals surface area contributed by atoms with E-state index in [4.69, 9.17) is 4.74 Å². The van der Waals surface area contributed by atoms with E-state index in [0.29, 0.717) is 12.7 Å². The zero-order valence-electron chi connectivity index (χ0n) is 15.2. The monoisotopic (exact) mass is 352 g/mol. The molecule has 1 rings (SSSR count). The number of carbonyl (C=O) groups excluding carboxylic acids is 2. The molecule has 0 aliphatic rings. The zero-order chi connectivity index (χ0) is 19.0. The quantitative estimate of drug-likeness (QED) is 0.196. The second-order valence-electron chi connectivity index (χ2n) is 6.34. The maximum atomic E-state index is 12.0. The van der Waals surface area contributed by atoms with Gasteiger partial charge in [0.1, 0.15) is 5.75 Å². The van der Waals surface area contributed by atoms with Crippen molar-refractivity contribution in [3.8, 4) is 17.2 Å². The van der Waals surface area contributed by atoms with Crippen LogP contribution in [0.3, 0.4) is 0 Å². The van der Waals surface area contributed by atoms with Crippen LogP contribution in [0.4, 0.5) is 0 Å². The van der Waals surface area contributed by atoms with Crippen LogP contribution in [0.25, 0.3) is 0 Å². The van der Waals surface area contributed by atoms with Crippen LogP contribution in [-0.2, 0) is 4.79 Å². The molecule has 25 heavy (non-hydrogen) atoms. The van der Waals surface area contributed by atoms with Crippen LogP contribution in [0.2, 0.25) is 0 Å². The minimum atomic E-state index is -0.786. The molecule has 0 spiro atoms. The predicted octanol–water partition coefficient (Wildman–Crippen LogP) is 3.54. The number of phenols is 2. The van der Waals surface area contributed by atoms with E-state index in [2.05, 4.69) is 6.92 Å². The van der Waals surface area contributed by atoms with Gasteiger partial charge in [0.25, 0.3) is 0 Å². The summed E-state index contributed by atoms with van der Waals surface area (Å²) in [6.07, 6.45) is 5.28. The number of aldehydes is 1. The third-order valence-corrected chi connectivity index (χ3v) is 4.30. The van der Waals surface area contributed by atoms with Crippen LogP contribution >= 0.6 is 0 Å². The normalized spacial score (nSPS) is 12.0. The van der Waals surface area contributed by atoms with Gasteiger partial charge >= 0.3 is 5.97 Å². The average molecular weight is 352 g/mol. The molecule has 0 aliphatic carbocycles. The van der Waals surface area contributed by atoms with Crippen LogP contribution in [0.5, 0.6) is 17.2 Å². The fourth-order valence-corrected chi connectivity index (χ4v) is 2.72. The number of hydrogen-bond acceptors (Lipinski definition) is 6. The molecule has 1 atom stereocenters. The Balaban J connectivity index is 2.68. The molecule has 0 amide bonds. The zero-order valence-corrected chi connectivity index (χ0v) is 15.2. The molecule has 0 fully saturated rings. The van der Waals surface area contributed by atoms with Gasteiger partial charge in [-0.25, -0.2) is 0 Å². The van der Waals surface area contributed by atoms with Crippen molar-refractivity contribution < 1.29 is 29.6 Å². The number of phenolic OH excluding ortho intramolecular Hbond substituents is 2. The third kappa shape index (κ3) is 5.74. The van der Waals surface area contributed by atoms with Crippen molar-refractivity contribution >= 4 is 12.3 Å². The van der Waals surface area contributed by atoms with Crippen molar-refractivity contribution in [2.75, 3.05) is 0 Å².